The monoisotopic (exact) mass is 185 g/mol. The summed E-state index contributed by atoms with van der Waals surface area (Å²) in [5.74, 6) is 0. The number of nitrogens with zero attached hydrogens (tertiary/aromatic N) is 2. The first kappa shape index (κ1) is 10.2. The first-order valence-electron chi connectivity index (χ1n) is 4.80. The van der Waals surface area contributed by atoms with E-state index in [4.69, 9.17) is 0 Å². The molecular formula is C9H21N2Si. The van der Waals surface area contributed by atoms with Crippen LogP contribution in [-0.2, 0) is 0 Å². The van der Waals surface area contributed by atoms with Gasteiger partial charge in [-0.2, -0.15) is 0 Å². The van der Waals surface area contributed by atoms with Crippen LogP contribution >= 0.6 is 0 Å². The van der Waals surface area contributed by atoms with Gasteiger partial charge in [0.1, 0.15) is 8.24 Å². The second-order valence-corrected chi connectivity index (χ2v) is 9.52. The molecule has 1 rings (SSSR count). The summed E-state index contributed by atoms with van der Waals surface area (Å²) in [4.78, 5) is 2.51. The quantitative estimate of drug-likeness (QED) is 0.617. The highest BCUT2D eigenvalue weighted by molar-refractivity contribution is 6.73. The van der Waals surface area contributed by atoms with E-state index >= 15 is 0 Å². The minimum absolute atomic E-state index is 1.02. The van der Waals surface area contributed by atoms with Crippen molar-refractivity contribution in [2.75, 3.05) is 26.3 Å². The molecule has 0 saturated carbocycles. The number of rotatable bonds is 3. The first-order valence-corrected chi connectivity index (χ1v) is 8.25. The maximum absolute atomic E-state index is 3.89. The zero-order chi connectivity index (χ0) is 9.19. The third-order valence-electron chi connectivity index (χ3n) is 2.48. The van der Waals surface area contributed by atoms with Crippen molar-refractivity contribution < 1.29 is 0 Å². The summed E-state index contributed by atoms with van der Waals surface area (Å²) in [5.41, 5.74) is 0. The molecule has 0 spiro atoms. The molecule has 0 N–H and O–H groups in total. The van der Waals surface area contributed by atoms with Crippen LogP contribution in [0.2, 0.25) is 19.6 Å². The molecule has 0 aromatic heterocycles. The lowest BCUT2D eigenvalue weighted by Crippen LogP contribution is -2.45. The molecule has 71 valence electrons. The average molecular weight is 185 g/mol. The van der Waals surface area contributed by atoms with Crippen LogP contribution < -0.4 is 0 Å². The SMILES string of the molecule is [CH2]CCN1CCN([Si](C)(C)C)C1. The largest absolute Gasteiger partial charge is 0.311 e. The Labute approximate surface area is 77.6 Å². The van der Waals surface area contributed by atoms with Crippen molar-refractivity contribution in [3.63, 3.8) is 0 Å². The summed E-state index contributed by atoms with van der Waals surface area (Å²) in [6.07, 6.45) is 1.04. The van der Waals surface area contributed by atoms with Crippen LogP contribution in [0.1, 0.15) is 6.42 Å². The minimum atomic E-state index is -1.02. The minimum Gasteiger partial charge on any atom is -0.311 e. The fraction of sp³-hybridized carbons (Fsp3) is 0.889. The van der Waals surface area contributed by atoms with Gasteiger partial charge in [0, 0.05) is 19.8 Å². The van der Waals surface area contributed by atoms with E-state index in [2.05, 4.69) is 36.0 Å². The first-order chi connectivity index (χ1) is 5.54. The van der Waals surface area contributed by atoms with Gasteiger partial charge in [-0.3, -0.25) is 4.90 Å². The number of hydrogen-bond acceptors (Lipinski definition) is 2. The molecule has 12 heavy (non-hydrogen) atoms. The Morgan fingerprint density at radius 2 is 1.92 bits per heavy atom. The van der Waals surface area contributed by atoms with E-state index in [1.807, 2.05) is 0 Å². The molecule has 1 fully saturated rings. The molecule has 1 saturated heterocycles. The fourth-order valence-corrected chi connectivity index (χ4v) is 2.99. The van der Waals surface area contributed by atoms with Crippen molar-refractivity contribution in [1.82, 2.24) is 9.47 Å². The molecule has 3 heteroatoms. The summed E-state index contributed by atoms with van der Waals surface area (Å²) in [6, 6.07) is 0. The van der Waals surface area contributed by atoms with Crippen LogP contribution in [-0.4, -0.2) is 44.0 Å². The Bertz CT molecular complexity index is 142. The van der Waals surface area contributed by atoms with Gasteiger partial charge in [0.15, 0.2) is 0 Å². The lowest BCUT2D eigenvalue weighted by atomic mass is 10.4. The molecule has 2 nitrogen and oxygen atoms in total. The van der Waals surface area contributed by atoms with Gasteiger partial charge in [0.25, 0.3) is 0 Å². The second-order valence-electron chi connectivity index (χ2n) is 4.55. The Morgan fingerprint density at radius 1 is 1.25 bits per heavy atom. The lowest BCUT2D eigenvalue weighted by molar-refractivity contribution is 0.307. The summed E-state index contributed by atoms with van der Waals surface area (Å²) in [5, 5.41) is 0. The maximum atomic E-state index is 3.89. The van der Waals surface area contributed by atoms with Crippen LogP contribution in [0.5, 0.6) is 0 Å². The molecule has 0 aromatic carbocycles. The Kier molecular flexibility index (Phi) is 3.32. The van der Waals surface area contributed by atoms with Crippen LogP contribution in [0.4, 0.5) is 0 Å². The zero-order valence-electron chi connectivity index (χ0n) is 8.64. The Morgan fingerprint density at radius 3 is 2.33 bits per heavy atom. The van der Waals surface area contributed by atoms with Gasteiger partial charge in [-0.05, 0) is 13.0 Å². The molecule has 0 unspecified atom stereocenters. The predicted octanol–water partition coefficient (Wildman–Crippen LogP) is 1.62. The van der Waals surface area contributed by atoms with E-state index in [0.717, 1.165) is 6.42 Å². The Balaban J connectivity index is 2.35. The second kappa shape index (κ2) is 3.90. The molecule has 0 aromatic rings. The van der Waals surface area contributed by atoms with Gasteiger partial charge in [0.2, 0.25) is 0 Å². The molecule has 1 aliphatic rings. The van der Waals surface area contributed by atoms with E-state index in [1.165, 1.54) is 26.3 Å². The van der Waals surface area contributed by atoms with Crippen molar-refractivity contribution in [1.29, 1.82) is 0 Å². The number of hydrogen-bond donors (Lipinski definition) is 0. The molecule has 0 bridgehead atoms. The van der Waals surface area contributed by atoms with Crippen molar-refractivity contribution in [2.24, 2.45) is 0 Å². The topological polar surface area (TPSA) is 6.48 Å². The summed E-state index contributed by atoms with van der Waals surface area (Å²) in [6.45, 7) is 16.0. The maximum Gasteiger partial charge on any atom is 0.120 e. The van der Waals surface area contributed by atoms with Crippen LogP contribution in [0.15, 0.2) is 0 Å². The van der Waals surface area contributed by atoms with Gasteiger partial charge in [-0.25, -0.2) is 0 Å². The van der Waals surface area contributed by atoms with Crippen molar-refractivity contribution in [3.8, 4) is 0 Å². The van der Waals surface area contributed by atoms with Crippen molar-refractivity contribution in [3.05, 3.63) is 6.92 Å². The zero-order valence-corrected chi connectivity index (χ0v) is 9.64. The van der Waals surface area contributed by atoms with Crippen molar-refractivity contribution in [2.45, 2.75) is 26.1 Å². The van der Waals surface area contributed by atoms with Gasteiger partial charge in [-0.1, -0.05) is 26.6 Å². The van der Waals surface area contributed by atoms with Gasteiger partial charge < -0.3 is 4.57 Å². The third-order valence-corrected chi connectivity index (χ3v) is 4.74. The van der Waals surface area contributed by atoms with E-state index in [-0.39, 0.29) is 0 Å². The predicted molar refractivity (Wildman–Crippen MR) is 56.5 cm³/mol. The molecular weight excluding hydrogens is 164 g/mol. The van der Waals surface area contributed by atoms with E-state index in [9.17, 15) is 0 Å². The summed E-state index contributed by atoms with van der Waals surface area (Å²) in [7, 11) is -1.02. The molecule has 1 aliphatic heterocycles. The molecule has 1 radical (unpaired) electrons. The van der Waals surface area contributed by atoms with E-state index in [1.54, 1.807) is 0 Å². The van der Waals surface area contributed by atoms with E-state index in [0.29, 0.717) is 0 Å². The smallest absolute Gasteiger partial charge is 0.120 e. The fourth-order valence-electron chi connectivity index (χ4n) is 1.60. The van der Waals surface area contributed by atoms with E-state index < -0.39 is 8.24 Å². The van der Waals surface area contributed by atoms with Crippen molar-refractivity contribution >= 4 is 8.24 Å². The van der Waals surface area contributed by atoms with Crippen LogP contribution in [0.3, 0.4) is 0 Å². The Hall–Kier alpha value is 0.137. The standard InChI is InChI=1S/C9H21N2Si/c1-5-6-10-7-8-11(9-10)12(2,3)4/h1,5-9H2,2-4H3. The van der Waals surface area contributed by atoms with Crippen LogP contribution in [0, 0.1) is 6.92 Å². The van der Waals surface area contributed by atoms with Gasteiger partial charge in [0.05, 0.1) is 0 Å². The normalized spacial score (nSPS) is 22.0. The highest BCUT2D eigenvalue weighted by Crippen LogP contribution is 2.14. The molecule has 0 atom stereocenters. The van der Waals surface area contributed by atoms with Crippen LogP contribution in [0.25, 0.3) is 0 Å². The van der Waals surface area contributed by atoms with Gasteiger partial charge in [-0.15, -0.1) is 0 Å². The molecule has 0 aliphatic carbocycles. The molecule has 0 amide bonds. The van der Waals surface area contributed by atoms with Gasteiger partial charge >= 0.3 is 0 Å². The summed E-state index contributed by atoms with van der Waals surface area (Å²) >= 11 is 0. The molecule has 1 heterocycles. The third kappa shape index (κ3) is 2.57. The lowest BCUT2D eigenvalue weighted by Gasteiger charge is -2.29. The summed E-state index contributed by atoms with van der Waals surface area (Å²) < 4.78 is 2.66. The highest BCUT2D eigenvalue weighted by Gasteiger charge is 2.29. The highest BCUT2D eigenvalue weighted by atomic mass is 28.3. The average Bonchev–Trinajstić information content (AvgIpc) is 2.35.